The lowest BCUT2D eigenvalue weighted by molar-refractivity contribution is 0.344. The van der Waals surface area contributed by atoms with Crippen molar-refractivity contribution in [3.05, 3.63) is 41.8 Å². The van der Waals surface area contributed by atoms with Crippen LogP contribution in [0.1, 0.15) is 0 Å². The standard InChI is InChI=1S/C14H13ClN4OS/c1-19-13-12(8-18-19)14(17-9-16-13)21-7-6-20-11-4-2-10(15)3-5-11/h2-5,8-9H,6-7H2,1H3. The van der Waals surface area contributed by atoms with E-state index in [9.17, 15) is 0 Å². The lowest BCUT2D eigenvalue weighted by atomic mass is 10.3. The fourth-order valence-corrected chi connectivity index (χ4v) is 2.79. The lowest BCUT2D eigenvalue weighted by Gasteiger charge is -2.06. The number of aryl methyl sites for hydroxylation is 1. The second-order valence-electron chi connectivity index (χ2n) is 4.34. The number of nitrogens with zero attached hydrogens (tertiary/aromatic N) is 4. The number of ether oxygens (including phenoxy) is 1. The minimum atomic E-state index is 0.595. The molecule has 7 heteroatoms. The molecule has 5 nitrogen and oxygen atoms in total. The normalized spacial score (nSPS) is 11.0. The smallest absolute Gasteiger partial charge is 0.162 e. The van der Waals surface area contributed by atoms with Gasteiger partial charge in [-0.15, -0.1) is 11.8 Å². The van der Waals surface area contributed by atoms with E-state index < -0.39 is 0 Å². The van der Waals surface area contributed by atoms with E-state index in [4.69, 9.17) is 16.3 Å². The van der Waals surface area contributed by atoms with Gasteiger partial charge >= 0.3 is 0 Å². The Balaban J connectivity index is 1.58. The zero-order chi connectivity index (χ0) is 14.7. The molecule has 0 saturated heterocycles. The van der Waals surface area contributed by atoms with Gasteiger partial charge in [-0.25, -0.2) is 9.97 Å². The maximum absolute atomic E-state index is 5.83. The number of halogens is 1. The zero-order valence-electron chi connectivity index (χ0n) is 11.4. The van der Waals surface area contributed by atoms with Crippen LogP contribution in [0.4, 0.5) is 0 Å². The van der Waals surface area contributed by atoms with E-state index in [2.05, 4.69) is 15.1 Å². The van der Waals surface area contributed by atoms with E-state index in [-0.39, 0.29) is 0 Å². The van der Waals surface area contributed by atoms with Crippen molar-refractivity contribution in [2.24, 2.45) is 7.05 Å². The van der Waals surface area contributed by atoms with Crippen LogP contribution in [0.2, 0.25) is 5.02 Å². The number of benzene rings is 1. The Kier molecular flexibility index (Phi) is 4.26. The molecule has 108 valence electrons. The first-order valence-corrected chi connectivity index (χ1v) is 7.74. The van der Waals surface area contributed by atoms with Gasteiger partial charge in [0, 0.05) is 17.8 Å². The fraction of sp³-hybridized carbons (Fsp3) is 0.214. The van der Waals surface area contributed by atoms with Gasteiger partial charge in [0.05, 0.1) is 18.2 Å². The molecule has 0 saturated carbocycles. The maximum Gasteiger partial charge on any atom is 0.162 e. The predicted molar refractivity (Wildman–Crippen MR) is 84.0 cm³/mol. The minimum Gasteiger partial charge on any atom is -0.493 e. The number of fused-ring (bicyclic) bond motifs is 1. The van der Waals surface area contributed by atoms with Crippen molar-refractivity contribution >= 4 is 34.4 Å². The minimum absolute atomic E-state index is 0.595. The molecule has 21 heavy (non-hydrogen) atoms. The second kappa shape index (κ2) is 6.32. The predicted octanol–water partition coefficient (Wildman–Crippen LogP) is 3.19. The van der Waals surface area contributed by atoms with E-state index in [0.717, 1.165) is 27.6 Å². The Morgan fingerprint density at radius 2 is 2.05 bits per heavy atom. The molecule has 0 unspecified atom stereocenters. The fourth-order valence-electron chi connectivity index (χ4n) is 1.88. The molecule has 0 aliphatic heterocycles. The molecule has 0 spiro atoms. The molecular formula is C14H13ClN4OS. The molecule has 0 atom stereocenters. The summed E-state index contributed by atoms with van der Waals surface area (Å²) in [7, 11) is 1.87. The third-order valence-corrected chi connectivity index (χ3v) is 4.12. The quantitative estimate of drug-likeness (QED) is 0.410. The van der Waals surface area contributed by atoms with Crippen LogP contribution in [0.25, 0.3) is 11.0 Å². The van der Waals surface area contributed by atoms with Gasteiger partial charge < -0.3 is 4.74 Å². The highest BCUT2D eigenvalue weighted by Crippen LogP contribution is 2.24. The van der Waals surface area contributed by atoms with Gasteiger partial charge in [0.25, 0.3) is 0 Å². The number of hydrogen-bond acceptors (Lipinski definition) is 5. The monoisotopic (exact) mass is 320 g/mol. The highest BCUT2D eigenvalue weighted by Gasteiger charge is 2.08. The molecule has 2 heterocycles. The van der Waals surface area contributed by atoms with Crippen molar-refractivity contribution in [1.29, 1.82) is 0 Å². The van der Waals surface area contributed by atoms with E-state index >= 15 is 0 Å². The number of thioether (sulfide) groups is 1. The van der Waals surface area contributed by atoms with Crippen LogP contribution >= 0.6 is 23.4 Å². The SMILES string of the molecule is Cn1ncc2c(SCCOc3ccc(Cl)cc3)ncnc21. The molecule has 0 aliphatic rings. The van der Waals surface area contributed by atoms with Crippen LogP contribution in [0.5, 0.6) is 5.75 Å². The van der Waals surface area contributed by atoms with Crippen molar-refractivity contribution in [2.45, 2.75) is 5.03 Å². The summed E-state index contributed by atoms with van der Waals surface area (Å²) in [5.41, 5.74) is 0.839. The molecule has 0 fully saturated rings. The van der Waals surface area contributed by atoms with Gasteiger partial charge in [0.15, 0.2) is 5.65 Å². The Hall–Kier alpha value is -1.79. The van der Waals surface area contributed by atoms with E-state index in [1.54, 1.807) is 29.0 Å². The second-order valence-corrected chi connectivity index (χ2v) is 5.86. The van der Waals surface area contributed by atoms with Gasteiger partial charge in [-0.3, -0.25) is 4.68 Å². The topological polar surface area (TPSA) is 52.8 Å². The van der Waals surface area contributed by atoms with Gasteiger partial charge in [0.2, 0.25) is 0 Å². The molecule has 0 aliphatic carbocycles. The summed E-state index contributed by atoms with van der Waals surface area (Å²) in [6.45, 7) is 0.595. The van der Waals surface area contributed by atoms with Crippen LogP contribution in [-0.2, 0) is 7.05 Å². The van der Waals surface area contributed by atoms with Crippen LogP contribution in [0.3, 0.4) is 0 Å². The highest BCUT2D eigenvalue weighted by atomic mass is 35.5. The average Bonchev–Trinajstić information content (AvgIpc) is 2.88. The highest BCUT2D eigenvalue weighted by molar-refractivity contribution is 7.99. The molecular weight excluding hydrogens is 308 g/mol. The van der Waals surface area contributed by atoms with E-state index in [1.807, 2.05) is 31.3 Å². The van der Waals surface area contributed by atoms with Gasteiger partial charge in [-0.1, -0.05) is 11.6 Å². The first-order valence-electron chi connectivity index (χ1n) is 6.38. The molecule has 1 aromatic carbocycles. The summed E-state index contributed by atoms with van der Waals surface area (Å²) in [4.78, 5) is 8.52. The molecule has 3 aromatic rings. The number of hydrogen-bond donors (Lipinski definition) is 0. The molecule has 0 bridgehead atoms. The summed E-state index contributed by atoms with van der Waals surface area (Å²) < 4.78 is 7.40. The van der Waals surface area contributed by atoms with Crippen molar-refractivity contribution in [2.75, 3.05) is 12.4 Å². The summed E-state index contributed by atoms with van der Waals surface area (Å²) >= 11 is 7.46. The molecule has 0 N–H and O–H groups in total. The van der Waals surface area contributed by atoms with Crippen molar-refractivity contribution in [1.82, 2.24) is 19.7 Å². The Bertz CT molecular complexity index is 744. The molecule has 3 rings (SSSR count). The average molecular weight is 321 g/mol. The summed E-state index contributed by atoms with van der Waals surface area (Å²) in [5.74, 6) is 1.61. The van der Waals surface area contributed by atoms with Gasteiger partial charge in [-0.2, -0.15) is 5.10 Å². The third-order valence-electron chi connectivity index (χ3n) is 2.90. The number of aromatic nitrogens is 4. The van der Waals surface area contributed by atoms with Crippen molar-refractivity contribution in [3.63, 3.8) is 0 Å². The summed E-state index contributed by atoms with van der Waals surface area (Å²) in [6.07, 6.45) is 3.35. The first-order chi connectivity index (χ1) is 10.2. The van der Waals surface area contributed by atoms with Crippen LogP contribution in [0, 0.1) is 0 Å². The summed E-state index contributed by atoms with van der Waals surface area (Å²) in [5, 5.41) is 6.80. The Morgan fingerprint density at radius 3 is 2.86 bits per heavy atom. The van der Waals surface area contributed by atoms with Crippen LogP contribution < -0.4 is 4.74 Å². The molecule has 0 radical (unpaired) electrons. The third kappa shape index (κ3) is 3.28. The molecule has 2 aromatic heterocycles. The van der Waals surface area contributed by atoms with Crippen molar-refractivity contribution < 1.29 is 4.74 Å². The van der Waals surface area contributed by atoms with Crippen LogP contribution in [-0.4, -0.2) is 32.1 Å². The van der Waals surface area contributed by atoms with E-state index in [1.165, 1.54) is 0 Å². The van der Waals surface area contributed by atoms with Gasteiger partial charge in [-0.05, 0) is 24.3 Å². The van der Waals surface area contributed by atoms with Gasteiger partial charge in [0.1, 0.15) is 17.1 Å². The first kappa shape index (κ1) is 14.2. The summed E-state index contributed by atoms with van der Waals surface area (Å²) in [6, 6.07) is 7.34. The lowest BCUT2D eigenvalue weighted by Crippen LogP contribution is -2.00. The largest absolute Gasteiger partial charge is 0.493 e. The Labute approximate surface area is 131 Å². The van der Waals surface area contributed by atoms with Crippen molar-refractivity contribution in [3.8, 4) is 5.75 Å². The van der Waals surface area contributed by atoms with E-state index in [0.29, 0.717) is 11.6 Å². The zero-order valence-corrected chi connectivity index (χ0v) is 12.9. The molecule has 0 amide bonds. The Morgan fingerprint density at radius 1 is 1.24 bits per heavy atom. The number of rotatable bonds is 5. The maximum atomic E-state index is 5.83. The van der Waals surface area contributed by atoms with Crippen LogP contribution in [0.15, 0.2) is 41.8 Å².